The summed E-state index contributed by atoms with van der Waals surface area (Å²) in [5.41, 5.74) is 1.59. The van der Waals surface area contributed by atoms with Gasteiger partial charge in [-0.25, -0.2) is 0 Å². The Morgan fingerprint density at radius 3 is 2.67 bits per heavy atom. The first-order chi connectivity index (χ1) is 5.63. The van der Waals surface area contributed by atoms with Crippen molar-refractivity contribution in [3.05, 3.63) is 29.3 Å². The Bertz CT molecular complexity index is 303. The molecule has 2 nitrogen and oxygen atoms in total. The summed E-state index contributed by atoms with van der Waals surface area (Å²) in [6.07, 6.45) is 0. The molecule has 0 aliphatic rings. The van der Waals surface area contributed by atoms with E-state index in [0.29, 0.717) is 11.3 Å². The summed E-state index contributed by atoms with van der Waals surface area (Å²) in [6.45, 7) is 3.42. The van der Waals surface area contributed by atoms with Crippen LogP contribution in [0, 0.1) is 13.0 Å². The van der Waals surface area contributed by atoms with Gasteiger partial charge in [-0.05, 0) is 31.5 Å². The Hall–Kier alpha value is -1.31. The number of benzene rings is 1. The summed E-state index contributed by atoms with van der Waals surface area (Å²) in [4.78, 5) is 11.0. The Kier molecular flexibility index (Phi) is 2.48. The number of methoxy groups -OCH3 is 1. The molecule has 0 N–H and O–H groups in total. The lowest BCUT2D eigenvalue weighted by Gasteiger charge is -2.02. The summed E-state index contributed by atoms with van der Waals surface area (Å²) in [6, 6.07) is 6.46. The number of hydrogen-bond donors (Lipinski definition) is 0. The molecule has 0 aliphatic carbocycles. The van der Waals surface area contributed by atoms with E-state index in [-0.39, 0.29) is 5.78 Å². The second kappa shape index (κ2) is 3.39. The Labute approximate surface area is 72.2 Å². The van der Waals surface area contributed by atoms with Gasteiger partial charge in [-0.1, -0.05) is 0 Å². The van der Waals surface area contributed by atoms with E-state index in [4.69, 9.17) is 4.74 Å². The molecule has 2 heteroatoms. The Morgan fingerprint density at radius 1 is 1.50 bits per heavy atom. The van der Waals surface area contributed by atoms with Gasteiger partial charge >= 0.3 is 0 Å². The van der Waals surface area contributed by atoms with Crippen molar-refractivity contribution in [2.75, 3.05) is 7.11 Å². The molecule has 1 radical (unpaired) electrons. The van der Waals surface area contributed by atoms with Gasteiger partial charge in [0.05, 0.1) is 7.11 Å². The molecule has 0 aliphatic heterocycles. The van der Waals surface area contributed by atoms with E-state index in [1.807, 2.05) is 6.92 Å². The topological polar surface area (TPSA) is 26.3 Å². The molecule has 1 rings (SSSR count). The minimum Gasteiger partial charge on any atom is -0.496 e. The third-order valence-electron chi connectivity index (χ3n) is 1.61. The van der Waals surface area contributed by atoms with Crippen LogP contribution in [0.2, 0.25) is 0 Å². The van der Waals surface area contributed by atoms with Crippen molar-refractivity contribution in [1.82, 2.24) is 0 Å². The number of ketones is 1. The predicted octanol–water partition coefficient (Wildman–Crippen LogP) is 2.01. The van der Waals surface area contributed by atoms with Crippen molar-refractivity contribution in [1.29, 1.82) is 0 Å². The fourth-order valence-corrected chi connectivity index (χ4v) is 0.996. The van der Waals surface area contributed by atoms with Crippen molar-refractivity contribution < 1.29 is 9.53 Å². The van der Waals surface area contributed by atoms with Crippen LogP contribution in [0.3, 0.4) is 0 Å². The maximum atomic E-state index is 11.0. The zero-order valence-corrected chi connectivity index (χ0v) is 7.47. The third-order valence-corrected chi connectivity index (χ3v) is 1.61. The fourth-order valence-electron chi connectivity index (χ4n) is 0.996. The summed E-state index contributed by atoms with van der Waals surface area (Å²) in [7, 11) is 1.56. The monoisotopic (exact) mass is 163 g/mol. The minimum absolute atomic E-state index is 0.0467. The number of Topliss-reactive ketones (excluding diaryl/α,β-unsaturated/α-hetero) is 1. The van der Waals surface area contributed by atoms with E-state index < -0.39 is 0 Å². The Balaban J connectivity index is 3.15. The lowest BCUT2D eigenvalue weighted by molar-refractivity contribution is 0.101. The second-order valence-electron chi connectivity index (χ2n) is 2.68. The van der Waals surface area contributed by atoms with Gasteiger partial charge in [-0.2, -0.15) is 0 Å². The quantitative estimate of drug-likeness (QED) is 0.623. The molecule has 0 saturated heterocycles. The molecule has 0 heterocycles. The SMILES string of the molecule is COc1[c]c(C)cc(C(C)=O)c1. The predicted molar refractivity (Wildman–Crippen MR) is 46.6 cm³/mol. The van der Waals surface area contributed by atoms with E-state index in [0.717, 1.165) is 5.56 Å². The van der Waals surface area contributed by atoms with E-state index >= 15 is 0 Å². The maximum absolute atomic E-state index is 11.0. The van der Waals surface area contributed by atoms with Crippen LogP contribution >= 0.6 is 0 Å². The van der Waals surface area contributed by atoms with Crippen LogP contribution in [0.15, 0.2) is 12.1 Å². The van der Waals surface area contributed by atoms with Gasteiger partial charge in [0, 0.05) is 11.6 Å². The van der Waals surface area contributed by atoms with Crippen LogP contribution in [0.25, 0.3) is 0 Å². The fraction of sp³-hybridized carbons (Fsp3) is 0.300. The van der Waals surface area contributed by atoms with Gasteiger partial charge in [0.1, 0.15) is 5.75 Å². The van der Waals surface area contributed by atoms with Gasteiger partial charge in [-0.15, -0.1) is 0 Å². The van der Waals surface area contributed by atoms with Crippen molar-refractivity contribution in [2.24, 2.45) is 0 Å². The summed E-state index contributed by atoms with van der Waals surface area (Å²) in [5, 5.41) is 0. The molecule has 0 saturated carbocycles. The summed E-state index contributed by atoms with van der Waals surface area (Å²) in [5.74, 6) is 0.658. The average molecular weight is 163 g/mol. The van der Waals surface area contributed by atoms with Crippen molar-refractivity contribution in [3.63, 3.8) is 0 Å². The standard InChI is InChI=1S/C10H11O2/c1-7-4-9(8(2)11)6-10(5-7)12-3/h4,6H,1-3H3. The molecule has 0 unspecified atom stereocenters. The van der Waals surface area contributed by atoms with Crippen molar-refractivity contribution in [3.8, 4) is 5.75 Å². The lowest BCUT2D eigenvalue weighted by atomic mass is 10.1. The highest BCUT2D eigenvalue weighted by atomic mass is 16.5. The number of aryl methyl sites for hydroxylation is 1. The van der Waals surface area contributed by atoms with Crippen LogP contribution in [0.1, 0.15) is 22.8 Å². The van der Waals surface area contributed by atoms with Crippen LogP contribution < -0.4 is 4.74 Å². The van der Waals surface area contributed by atoms with E-state index in [2.05, 4.69) is 6.07 Å². The molecule has 0 atom stereocenters. The zero-order chi connectivity index (χ0) is 9.14. The average Bonchev–Trinajstić information content (AvgIpc) is 2.03. The number of hydrogen-bond acceptors (Lipinski definition) is 2. The summed E-state index contributed by atoms with van der Waals surface area (Å²) < 4.78 is 4.98. The van der Waals surface area contributed by atoms with E-state index in [9.17, 15) is 4.79 Å². The van der Waals surface area contributed by atoms with Gasteiger partial charge < -0.3 is 4.74 Å². The number of ether oxygens (including phenoxy) is 1. The number of carbonyl (C=O) groups is 1. The molecule has 1 aromatic carbocycles. The molecule has 0 bridgehead atoms. The van der Waals surface area contributed by atoms with Gasteiger partial charge in [0.2, 0.25) is 0 Å². The summed E-state index contributed by atoms with van der Waals surface area (Å²) >= 11 is 0. The normalized spacial score (nSPS) is 9.58. The van der Waals surface area contributed by atoms with Crippen molar-refractivity contribution in [2.45, 2.75) is 13.8 Å². The first-order valence-electron chi connectivity index (χ1n) is 3.72. The third kappa shape index (κ3) is 1.84. The molecule has 63 valence electrons. The van der Waals surface area contributed by atoms with Crippen LogP contribution in [-0.2, 0) is 0 Å². The minimum atomic E-state index is 0.0467. The van der Waals surface area contributed by atoms with Crippen LogP contribution in [-0.4, -0.2) is 12.9 Å². The van der Waals surface area contributed by atoms with Gasteiger partial charge in [-0.3, -0.25) is 4.79 Å². The van der Waals surface area contributed by atoms with Crippen LogP contribution in [0.4, 0.5) is 0 Å². The smallest absolute Gasteiger partial charge is 0.159 e. The zero-order valence-electron chi connectivity index (χ0n) is 7.47. The highest BCUT2D eigenvalue weighted by Gasteiger charge is 2.02. The van der Waals surface area contributed by atoms with Crippen molar-refractivity contribution >= 4 is 5.78 Å². The molecule has 0 fully saturated rings. The van der Waals surface area contributed by atoms with Gasteiger partial charge in [0.15, 0.2) is 5.78 Å². The molecular weight excluding hydrogens is 152 g/mol. The maximum Gasteiger partial charge on any atom is 0.159 e. The molecule has 0 aromatic heterocycles. The Morgan fingerprint density at radius 2 is 2.17 bits per heavy atom. The highest BCUT2D eigenvalue weighted by molar-refractivity contribution is 5.94. The second-order valence-corrected chi connectivity index (χ2v) is 2.68. The van der Waals surface area contributed by atoms with E-state index in [1.54, 1.807) is 19.2 Å². The first-order valence-corrected chi connectivity index (χ1v) is 3.72. The molecule has 0 spiro atoms. The van der Waals surface area contributed by atoms with Crippen LogP contribution in [0.5, 0.6) is 5.75 Å². The van der Waals surface area contributed by atoms with E-state index in [1.165, 1.54) is 6.92 Å². The number of carbonyl (C=O) groups excluding carboxylic acids is 1. The number of rotatable bonds is 2. The lowest BCUT2D eigenvalue weighted by Crippen LogP contribution is -1.94. The van der Waals surface area contributed by atoms with Gasteiger partial charge in [0.25, 0.3) is 0 Å². The first kappa shape index (κ1) is 8.78. The highest BCUT2D eigenvalue weighted by Crippen LogP contribution is 2.15. The molecule has 12 heavy (non-hydrogen) atoms. The molecule has 1 aromatic rings. The largest absolute Gasteiger partial charge is 0.496 e. The molecule has 0 amide bonds. The molecular formula is C10H11O2.